The maximum absolute atomic E-state index is 6.16. The van der Waals surface area contributed by atoms with Crippen LogP contribution >= 0.6 is 0 Å². The molecule has 0 atom stereocenters. The molecule has 0 bridgehead atoms. The normalized spacial score (nSPS) is 14.9. The van der Waals surface area contributed by atoms with E-state index in [1.807, 2.05) is 26.0 Å². The fraction of sp³-hybridized carbons (Fsp3) is 0.467. The number of rotatable bonds is 4. The van der Waals surface area contributed by atoms with Crippen LogP contribution in [0.5, 0.6) is 17.2 Å². The van der Waals surface area contributed by atoms with Gasteiger partial charge in [-0.3, -0.25) is 0 Å². The van der Waals surface area contributed by atoms with E-state index in [4.69, 9.17) is 14.2 Å². The molecule has 1 aromatic carbocycles. The van der Waals surface area contributed by atoms with Crippen molar-refractivity contribution >= 4 is 14.7 Å². The Morgan fingerprint density at radius 1 is 1.14 bits per heavy atom. The van der Waals surface area contributed by atoms with E-state index in [0.717, 1.165) is 22.8 Å². The van der Waals surface area contributed by atoms with Gasteiger partial charge in [-0.2, -0.15) is 0 Å². The minimum absolute atomic E-state index is 0.0148. The quantitative estimate of drug-likeness (QED) is 0.791. The Labute approximate surface area is 130 Å². The molecule has 21 heavy (non-hydrogen) atoms. The molecule has 0 saturated carbocycles. The maximum atomic E-state index is 6.16. The van der Waals surface area contributed by atoms with E-state index in [1.54, 1.807) is 0 Å². The van der Waals surface area contributed by atoms with Crippen LogP contribution in [-0.2, 0) is 5.60 Å². The molecule has 1 aliphatic rings. The molecule has 0 spiro atoms. The van der Waals surface area contributed by atoms with E-state index in [9.17, 15) is 0 Å². The van der Waals surface area contributed by atoms with Gasteiger partial charge in [0.05, 0.1) is 0 Å². The van der Waals surface area contributed by atoms with Crippen molar-refractivity contribution in [3.8, 4) is 28.5 Å². The van der Waals surface area contributed by atoms with Gasteiger partial charge in [0.25, 0.3) is 0 Å². The summed E-state index contributed by atoms with van der Waals surface area (Å²) < 4.78 is 22.9. The third-order valence-corrected chi connectivity index (χ3v) is 5.46. The van der Waals surface area contributed by atoms with Gasteiger partial charge in [0.15, 0.2) is 0 Å². The summed E-state index contributed by atoms with van der Waals surface area (Å²) in [6.07, 6.45) is 0. The summed E-state index contributed by atoms with van der Waals surface area (Å²) in [5.74, 6) is 2.21. The van der Waals surface area contributed by atoms with E-state index in [2.05, 4.69) is 23.0 Å². The molecule has 2 aromatic rings. The summed E-state index contributed by atoms with van der Waals surface area (Å²) >= 11 is 0.0148. The SMILES string of the molecule is CCOc1cc2c(cc1OCC)-c1nn[se]c1C(C)(C)O2. The molecule has 1 aromatic heterocycles. The standard InChI is InChI=1S/C15H18N2O3Se/c1-5-18-11-7-9-10(8-12(11)19-6-2)20-15(3,4)14-13(9)16-17-21-14/h7-8H,5-6H2,1-4H3. The molecule has 0 fully saturated rings. The topological polar surface area (TPSA) is 53.5 Å². The van der Waals surface area contributed by atoms with Crippen molar-refractivity contribution in [2.24, 2.45) is 0 Å². The Hall–Kier alpha value is -1.52. The van der Waals surface area contributed by atoms with Gasteiger partial charge in [-0.1, -0.05) is 0 Å². The van der Waals surface area contributed by atoms with Crippen molar-refractivity contribution in [1.29, 1.82) is 0 Å². The van der Waals surface area contributed by atoms with Gasteiger partial charge >= 0.3 is 130 Å². The first-order valence-corrected chi connectivity index (χ1v) is 8.65. The first-order chi connectivity index (χ1) is 10.1. The number of aromatic nitrogens is 2. The Morgan fingerprint density at radius 2 is 1.81 bits per heavy atom. The summed E-state index contributed by atoms with van der Waals surface area (Å²) in [6, 6.07) is 3.85. The molecule has 5 nitrogen and oxygen atoms in total. The van der Waals surface area contributed by atoms with Crippen LogP contribution in [0, 0.1) is 0 Å². The number of nitrogens with zero attached hydrogens (tertiary/aromatic N) is 2. The third-order valence-electron chi connectivity index (χ3n) is 3.30. The zero-order valence-corrected chi connectivity index (χ0v) is 14.3. The van der Waals surface area contributed by atoms with Crippen LogP contribution in [0.1, 0.15) is 32.1 Å². The molecular formula is C15H18N2O3Se. The van der Waals surface area contributed by atoms with E-state index in [0.29, 0.717) is 19.0 Å². The molecule has 112 valence electrons. The molecule has 0 amide bonds. The second-order valence-corrected chi connectivity index (χ2v) is 6.81. The number of hydrogen-bond acceptors (Lipinski definition) is 5. The number of ether oxygens (including phenoxy) is 3. The van der Waals surface area contributed by atoms with Gasteiger partial charge in [-0.05, 0) is 0 Å². The summed E-state index contributed by atoms with van der Waals surface area (Å²) in [4.78, 5) is 0. The number of hydrogen-bond donors (Lipinski definition) is 0. The van der Waals surface area contributed by atoms with Gasteiger partial charge in [0.2, 0.25) is 0 Å². The Kier molecular flexibility index (Phi) is 3.67. The molecule has 0 saturated heterocycles. The molecule has 0 radical (unpaired) electrons. The van der Waals surface area contributed by atoms with Crippen LogP contribution in [0.25, 0.3) is 11.3 Å². The Balaban J connectivity index is 2.16. The molecule has 1 aliphatic heterocycles. The Morgan fingerprint density at radius 3 is 2.48 bits per heavy atom. The summed E-state index contributed by atoms with van der Waals surface area (Å²) in [7, 11) is 0. The summed E-state index contributed by atoms with van der Waals surface area (Å²) in [5, 5.41) is 4.33. The predicted molar refractivity (Wildman–Crippen MR) is 80.4 cm³/mol. The van der Waals surface area contributed by atoms with E-state index >= 15 is 0 Å². The first kappa shape index (κ1) is 14.4. The van der Waals surface area contributed by atoms with Crippen molar-refractivity contribution in [3.05, 3.63) is 16.6 Å². The van der Waals surface area contributed by atoms with Crippen LogP contribution < -0.4 is 14.2 Å². The van der Waals surface area contributed by atoms with Crippen molar-refractivity contribution in [2.45, 2.75) is 33.3 Å². The van der Waals surface area contributed by atoms with Crippen LogP contribution in [0.4, 0.5) is 0 Å². The van der Waals surface area contributed by atoms with Gasteiger partial charge < -0.3 is 0 Å². The van der Waals surface area contributed by atoms with Gasteiger partial charge in [0.1, 0.15) is 0 Å². The molecule has 0 aliphatic carbocycles. The van der Waals surface area contributed by atoms with E-state index in [-0.39, 0.29) is 20.3 Å². The second kappa shape index (κ2) is 5.35. The van der Waals surface area contributed by atoms with Crippen LogP contribution in [0.15, 0.2) is 12.1 Å². The van der Waals surface area contributed by atoms with E-state index < -0.39 is 0 Å². The fourth-order valence-corrected chi connectivity index (χ4v) is 3.91. The van der Waals surface area contributed by atoms with Crippen molar-refractivity contribution < 1.29 is 14.2 Å². The summed E-state index contributed by atoms with van der Waals surface area (Å²) in [5.41, 5.74) is 1.51. The van der Waals surface area contributed by atoms with Crippen LogP contribution in [0.3, 0.4) is 0 Å². The average Bonchev–Trinajstić information content (AvgIpc) is 2.91. The second-order valence-electron chi connectivity index (χ2n) is 5.22. The number of benzene rings is 1. The van der Waals surface area contributed by atoms with Gasteiger partial charge in [-0.15, -0.1) is 0 Å². The van der Waals surface area contributed by atoms with Crippen molar-refractivity contribution in [3.63, 3.8) is 0 Å². The van der Waals surface area contributed by atoms with Crippen LogP contribution in [-0.4, -0.2) is 37.1 Å². The average molecular weight is 353 g/mol. The van der Waals surface area contributed by atoms with Crippen molar-refractivity contribution in [2.75, 3.05) is 13.2 Å². The van der Waals surface area contributed by atoms with Crippen LogP contribution in [0.2, 0.25) is 0 Å². The molecule has 3 rings (SSSR count). The van der Waals surface area contributed by atoms with Gasteiger partial charge in [0, 0.05) is 0 Å². The molecule has 2 heterocycles. The zero-order valence-electron chi connectivity index (χ0n) is 12.6. The van der Waals surface area contributed by atoms with Gasteiger partial charge in [-0.25, -0.2) is 0 Å². The Bertz CT molecular complexity index is 667. The summed E-state index contributed by atoms with van der Waals surface area (Å²) in [6.45, 7) is 9.19. The molecule has 6 heteroatoms. The number of fused-ring (bicyclic) bond motifs is 3. The monoisotopic (exact) mass is 354 g/mol. The zero-order chi connectivity index (χ0) is 15.0. The molecule has 0 N–H and O–H groups in total. The van der Waals surface area contributed by atoms with E-state index in [1.165, 1.54) is 4.44 Å². The predicted octanol–water partition coefficient (Wildman–Crippen LogP) is 2.63. The molecular weight excluding hydrogens is 335 g/mol. The first-order valence-electron chi connectivity index (χ1n) is 7.02. The molecule has 0 unspecified atom stereocenters. The fourth-order valence-electron chi connectivity index (χ4n) is 2.43. The minimum atomic E-state index is -0.373. The third kappa shape index (κ3) is 2.43. The van der Waals surface area contributed by atoms with Crippen molar-refractivity contribution in [1.82, 2.24) is 9.19 Å².